The maximum Gasteiger partial charge on any atom is 0.261 e. The molecule has 184 valence electrons. The molecule has 2 amide bonds. The van der Waals surface area contributed by atoms with Crippen molar-refractivity contribution < 1.29 is 14.3 Å². The zero-order valence-corrected chi connectivity index (χ0v) is 22.7. The van der Waals surface area contributed by atoms with Crippen LogP contribution in [-0.4, -0.2) is 35.4 Å². The zero-order valence-electron chi connectivity index (χ0n) is 20.4. The SMILES string of the molecule is C[C@@H](C(=O)NC1CCCC1)N(Cc1ccc(Cl)cc1)C(=O)COc1ccc(C(C)(C)C)cc1Br. The summed E-state index contributed by atoms with van der Waals surface area (Å²) in [6.45, 7) is 8.33. The first kappa shape index (κ1) is 26.6. The third kappa shape index (κ3) is 7.22. The first-order valence-corrected chi connectivity index (χ1v) is 13.0. The number of benzene rings is 2. The predicted octanol–water partition coefficient (Wildman–Crippen LogP) is 6.25. The van der Waals surface area contributed by atoms with Gasteiger partial charge in [0.1, 0.15) is 11.8 Å². The Morgan fingerprint density at radius 2 is 1.79 bits per heavy atom. The summed E-state index contributed by atoms with van der Waals surface area (Å²) in [5.74, 6) is 0.205. The fourth-order valence-corrected chi connectivity index (χ4v) is 4.69. The highest BCUT2D eigenvalue weighted by molar-refractivity contribution is 9.10. The normalized spacial score (nSPS) is 15.1. The van der Waals surface area contributed by atoms with Crippen molar-refractivity contribution in [3.05, 3.63) is 63.1 Å². The van der Waals surface area contributed by atoms with Crippen LogP contribution in [0.3, 0.4) is 0 Å². The van der Waals surface area contributed by atoms with E-state index in [9.17, 15) is 9.59 Å². The molecule has 5 nitrogen and oxygen atoms in total. The number of ether oxygens (including phenoxy) is 1. The van der Waals surface area contributed by atoms with Crippen molar-refractivity contribution in [2.45, 2.75) is 77.4 Å². The van der Waals surface area contributed by atoms with Gasteiger partial charge in [-0.3, -0.25) is 9.59 Å². The summed E-state index contributed by atoms with van der Waals surface area (Å²) in [5, 5.41) is 3.74. The molecule has 1 N–H and O–H groups in total. The molecule has 0 bridgehead atoms. The highest BCUT2D eigenvalue weighted by Crippen LogP contribution is 2.31. The van der Waals surface area contributed by atoms with Gasteiger partial charge in [-0.25, -0.2) is 0 Å². The van der Waals surface area contributed by atoms with Crippen LogP contribution in [0.5, 0.6) is 5.75 Å². The van der Waals surface area contributed by atoms with Crippen LogP contribution in [0, 0.1) is 0 Å². The van der Waals surface area contributed by atoms with Gasteiger partial charge in [-0.15, -0.1) is 0 Å². The molecule has 0 unspecified atom stereocenters. The summed E-state index contributed by atoms with van der Waals surface area (Å²) in [5.41, 5.74) is 2.07. The quantitative estimate of drug-likeness (QED) is 0.423. The summed E-state index contributed by atoms with van der Waals surface area (Å²) in [6.07, 6.45) is 4.24. The first-order chi connectivity index (χ1) is 16.0. The van der Waals surface area contributed by atoms with Crippen LogP contribution in [0.4, 0.5) is 0 Å². The standard InChI is InChI=1S/C27H34BrClN2O3/c1-18(26(33)30-22-7-5-6-8-22)31(16-19-9-12-21(29)13-10-19)25(32)17-34-24-14-11-20(15-23(24)28)27(2,3)4/h9-15,18,22H,5-8,16-17H2,1-4H3,(H,30,33)/t18-/m0/s1. The predicted molar refractivity (Wildman–Crippen MR) is 140 cm³/mol. The topological polar surface area (TPSA) is 58.6 Å². The molecule has 0 saturated heterocycles. The van der Waals surface area contributed by atoms with Crippen molar-refractivity contribution >= 4 is 39.3 Å². The second-order valence-corrected chi connectivity index (χ2v) is 11.3. The molecule has 7 heteroatoms. The van der Waals surface area contributed by atoms with Crippen molar-refractivity contribution in [2.24, 2.45) is 0 Å². The number of rotatable bonds is 8. The Kier molecular flexibility index (Phi) is 9.05. The van der Waals surface area contributed by atoms with Crippen LogP contribution in [0.2, 0.25) is 5.02 Å². The van der Waals surface area contributed by atoms with Gasteiger partial charge < -0.3 is 15.0 Å². The van der Waals surface area contributed by atoms with Crippen LogP contribution in [0.25, 0.3) is 0 Å². The summed E-state index contributed by atoms with van der Waals surface area (Å²) in [6, 6.07) is 12.8. The lowest BCUT2D eigenvalue weighted by atomic mass is 9.87. The third-order valence-corrected chi connectivity index (χ3v) is 7.16. The number of carbonyl (C=O) groups is 2. The minimum Gasteiger partial charge on any atom is -0.483 e. The molecule has 1 saturated carbocycles. The summed E-state index contributed by atoms with van der Waals surface area (Å²) in [4.78, 5) is 27.8. The second-order valence-electron chi connectivity index (χ2n) is 10.00. The molecule has 0 spiro atoms. The maximum atomic E-state index is 13.3. The van der Waals surface area contributed by atoms with Crippen molar-refractivity contribution in [3.8, 4) is 5.75 Å². The Morgan fingerprint density at radius 1 is 1.15 bits per heavy atom. The minimum atomic E-state index is -0.626. The van der Waals surface area contributed by atoms with Crippen LogP contribution in [0.15, 0.2) is 46.9 Å². The van der Waals surface area contributed by atoms with Gasteiger partial charge in [-0.05, 0) is 76.5 Å². The molecule has 0 aliphatic heterocycles. The van der Waals surface area contributed by atoms with E-state index < -0.39 is 6.04 Å². The fraction of sp³-hybridized carbons (Fsp3) is 0.481. The molecule has 1 aliphatic carbocycles. The number of halogens is 2. The van der Waals surface area contributed by atoms with Crippen molar-refractivity contribution in [1.29, 1.82) is 0 Å². The lowest BCUT2D eigenvalue weighted by Gasteiger charge is -2.30. The van der Waals surface area contributed by atoms with E-state index in [1.807, 2.05) is 30.3 Å². The van der Waals surface area contributed by atoms with Crippen molar-refractivity contribution in [1.82, 2.24) is 10.2 Å². The van der Waals surface area contributed by atoms with E-state index >= 15 is 0 Å². The summed E-state index contributed by atoms with van der Waals surface area (Å²) in [7, 11) is 0. The van der Waals surface area contributed by atoms with Gasteiger partial charge in [0.2, 0.25) is 5.91 Å². The summed E-state index contributed by atoms with van der Waals surface area (Å²) < 4.78 is 6.67. The average molecular weight is 550 g/mol. The van der Waals surface area contributed by atoms with Gasteiger partial charge >= 0.3 is 0 Å². The fourth-order valence-electron chi connectivity index (χ4n) is 4.07. The molecule has 1 aliphatic rings. The molecule has 0 aromatic heterocycles. The third-order valence-electron chi connectivity index (χ3n) is 6.28. The van der Waals surface area contributed by atoms with E-state index in [1.54, 1.807) is 24.0 Å². The Bertz CT molecular complexity index is 998. The number of hydrogen-bond acceptors (Lipinski definition) is 3. The van der Waals surface area contributed by atoms with Crippen LogP contribution >= 0.6 is 27.5 Å². The minimum absolute atomic E-state index is 0.00829. The van der Waals surface area contributed by atoms with Gasteiger partial charge in [0, 0.05) is 17.6 Å². The summed E-state index contributed by atoms with van der Waals surface area (Å²) >= 11 is 9.58. The van der Waals surface area contributed by atoms with Gasteiger partial charge in [0.05, 0.1) is 4.47 Å². The smallest absolute Gasteiger partial charge is 0.261 e. The molecule has 1 fully saturated rings. The molecule has 0 heterocycles. The number of nitrogens with zero attached hydrogens (tertiary/aromatic N) is 1. The van der Waals surface area contributed by atoms with E-state index in [0.717, 1.165) is 35.7 Å². The van der Waals surface area contributed by atoms with Crippen molar-refractivity contribution in [2.75, 3.05) is 6.61 Å². The molecular weight excluding hydrogens is 516 g/mol. The second kappa shape index (κ2) is 11.6. The largest absolute Gasteiger partial charge is 0.483 e. The van der Waals surface area contributed by atoms with Crippen LogP contribution < -0.4 is 10.1 Å². The number of amides is 2. The average Bonchev–Trinajstić information content (AvgIpc) is 3.29. The first-order valence-electron chi connectivity index (χ1n) is 11.8. The molecule has 1 atom stereocenters. The lowest BCUT2D eigenvalue weighted by molar-refractivity contribution is -0.142. The number of carbonyl (C=O) groups excluding carboxylic acids is 2. The van der Waals surface area contributed by atoms with Crippen LogP contribution in [-0.2, 0) is 21.5 Å². The maximum absolute atomic E-state index is 13.3. The van der Waals surface area contributed by atoms with E-state index in [4.69, 9.17) is 16.3 Å². The van der Waals surface area contributed by atoms with Gasteiger partial charge in [0.25, 0.3) is 5.91 Å². The number of nitrogens with one attached hydrogen (secondary N) is 1. The number of hydrogen-bond donors (Lipinski definition) is 1. The van der Waals surface area contributed by atoms with E-state index in [1.165, 1.54) is 5.56 Å². The Hall–Kier alpha value is -2.05. The Labute approximate surface area is 216 Å². The highest BCUT2D eigenvalue weighted by atomic mass is 79.9. The van der Waals surface area contributed by atoms with E-state index in [-0.39, 0.29) is 29.9 Å². The molecule has 34 heavy (non-hydrogen) atoms. The van der Waals surface area contributed by atoms with Crippen molar-refractivity contribution in [3.63, 3.8) is 0 Å². The molecule has 2 aromatic carbocycles. The molecular formula is C27H34BrClN2O3. The molecule has 3 rings (SSSR count). The lowest BCUT2D eigenvalue weighted by Crippen LogP contribution is -2.50. The van der Waals surface area contributed by atoms with E-state index in [2.05, 4.69) is 42.0 Å². The zero-order chi connectivity index (χ0) is 24.9. The Morgan fingerprint density at radius 3 is 2.38 bits per heavy atom. The molecule has 0 radical (unpaired) electrons. The van der Waals surface area contributed by atoms with Gasteiger partial charge in [-0.2, -0.15) is 0 Å². The Balaban J connectivity index is 1.72. The molecule has 2 aromatic rings. The monoisotopic (exact) mass is 548 g/mol. The van der Waals surface area contributed by atoms with Gasteiger partial charge in [-0.1, -0.05) is 63.4 Å². The highest BCUT2D eigenvalue weighted by Gasteiger charge is 2.29. The van der Waals surface area contributed by atoms with E-state index in [0.29, 0.717) is 17.3 Å². The van der Waals surface area contributed by atoms with Crippen LogP contribution in [0.1, 0.15) is 64.5 Å². The van der Waals surface area contributed by atoms with Gasteiger partial charge in [0.15, 0.2) is 6.61 Å².